The Morgan fingerprint density at radius 3 is 2.63 bits per heavy atom. The van der Waals surface area contributed by atoms with Gasteiger partial charge in [0.2, 0.25) is 0 Å². The summed E-state index contributed by atoms with van der Waals surface area (Å²) in [5.41, 5.74) is 3.94. The van der Waals surface area contributed by atoms with Crippen molar-refractivity contribution < 1.29 is 0 Å². The second-order valence-corrected chi connectivity index (χ2v) is 5.65. The molecular formula is C16H20N2S. The fraction of sp³-hybridized carbons (Fsp3) is 0.312. The van der Waals surface area contributed by atoms with Crippen LogP contribution in [0.3, 0.4) is 0 Å². The van der Waals surface area contributed by atoms with E-state index in [-0.39, 0.29) is 0 Å². The summed E-state index contributed by atoms with van der Waals surface area (Å²) in [7, 11) is 1.96. The number of benzene rings is 1. The van der Waals surface area contributed by atoms with Crippen LogP contribution >= 0.6 is 11.8 Å². The zero-order valence-corrected chi connectivity index (χ0v) is 12.5. The molecule has 1 aromatic heterocycles. The number of aromatic nitrogens is 1. The molecule has 2 nitrogen and oxygen atoms in total. The van der Waals surface area contributed by atoms with Crippen LogP contribution in [-0.4, -0.2) is 12.0 Å². The van der Waals surface area contributed by atoms with Gasteiger partial charge >= 0.3 is 0 Å². The van der Waals surface area contributed by atoms with Crippen molar-refractivity contribution in [3.8, 4) is 0 Å². The van der Waals surface area contributed by atoms with Crippen LogP contribution in [0, 0.1) is 6.92 Å². The van der Waals surface area contributed by atoms with Crippen LogP contribution in [0.2, 0.25) is 0 Å². The van der Waals surface area contributed by atoms with Gasteiger partial charge in [-0.25, -0.2) is 4.98 Å². The van der Waals surface area contributed by atoms with Crippen molar-refractivity contribution >= 4 is 11.8 Å². The summed E-state index contributed by atoms with van der Waals surface area (Å²) in [6.45, 7) is 4.29. The Morgan fingerprint density at radius 1 is 1.21 bits per heavy atom. The Kier molecular flexibility index (Phi) is 5.00. The van der Waals surface area contributed by atoms with E-state index in [1.54, 1.807) is 11.8 Å². The average Bonchev–Trinajstić information content (AvgIpc) is 2.46. The smallest absolute Gasteiger partial charge is 0.0963 e. The van der Waals surface area contributed by atoms with Gasteiger partial charge in [-0.2, -0.15) is 0 Å². The molecule has 1 atom stereocenters. The lowest BCUT2D eigenvalue weighted by Gasteiger charge is -2.10. The third kappa shape index (κ3) is 3.82. The average molecular weight is 272 g/mol. The number of thioether (sulfide) groups is 1. The molecule has 0 aliphatic rings. The van der Waals surface area contributed by atoms with Gasteiger partial charge < -0.3 is 5.32 Å². The number of rotatable bonds is 5. The number of hydrogen-bond acceptors (Lipinski definition) is 3. The highest BCUT2D eigenvalue weighted by Crippen LogP contribution is 2.23. The molecule has 3 heteroatoms. The van der Waals surface area contributed by atoms with E-state index < -0.39 is 0 Å². The van der Waals surface area contributed by atoms with Gasteiger partial charge in [-0.15, -0.1) is 11.8 Å². The van der Waals surface area contributed by atoms with Gasteiger partial charge in [-0.1, -0.05) is 30.3 Å². The minimum Gasteiger partial charge on any atom is -0.313 e. The molecule has 0 radical (unpaired) electrons. The SMILES string of the molecule is CNC(C)c1ccc(SCc2ccccc2C)nc1. The first kappa shape index (κ1) is 14.1. The molecule has 0 aliphatic carbocycles. The van der Waals surface area contributed by atoms with E-state index in [4.69, 9.17) is 0 Å². The zero-order valence-electron chi connectivity index (χ0n) is 11.7. The molecule has 2 rings (SSSR count). The summed E-state index contributed by atoms with van der Waals surface area (Å²) in [6.07, 6.45) is 1.96. The predicted octanol–water partition coefficient (Wildman–Crippen LogP) is 3.96. The van der Waals surface area contributed by atoms with Crippen LogP contribution in [0.1, 0.15) is 29.7 Å². The van der Waals surface area contributed by atoms with Gasteiger partial charge in [-0.3, -0.25) is 0 Å². The second-order valence-electron chi connectivity index (χ2n) is 4.66. The largest absolute Gasteiger partial charge is 0.313 e. The van der Waals surface area contributed by atoms with Crippen LogP contribution in [0.4, 0.5) is 0 Å². The Hall–Kier alpha value is -1.32. The van der Waals surface area contributed by atoms with Crippen molar-refractivity contribution in [2.75, 3.05) is 7.05 Å². The van der Waals surface area contributed by atoms with Crippen LogP contribution in [0.5, 0.6) is 0 Å². The molecule has 1 N–H and O–H groups in total. The van der Waals surface area contributed by atoms with Gasteiger partial charge in [-0.05, 0) is 43.7 Å². The molecule has 0 bridgehead atoms. The lowest BCUT2D eigenvalue weighted by atomic mass is 10.1. The Morgan fingerprint density at radius 2 is 2.00 bits per heavy atom. The molecule has 0 saturated heterocycles. The highest BCUT2D eigenvalue weighted by molar-refractivity contribution is 7.98. The maximum Gasteiger partial charge on any atom is 0.0963 e. The molecule has 0 amide bonds. The standard InChI is InChI=1S/C16H20N2S/c1-12-6-4-5-7-15(12)11-19-16-9-8-14(10-18-16)13(2)17-3/h4-10,13,17H,11H2,1-3H3. The third-order valence-corrected chi connectivity index (χ3v) is 4.32. The van der Waals surface area contributed by atoms with E-state index in [1.165, 1.54) is 16.7 Å². The molecule has 1 aromatic carbocycles. The van der Waals surface area contributed by atoms with Gasteiger partial charge in [0.15, 0.2) is 0 Å². The van der Waals surface area contributed by atoms with E-state index in [0.29, 0.717) is 6.04 Å². The number of pyridine rings is 1. The van der Waals surface area contributed by atoms with Crippen molar-refractivity contribution in [2.45, 2.75) is 30.7 Å². The summed E-state index contributed by atoms with van der Waals surface area (Å²) in [4.78, 5) is 4.52. The Labute approximate surface area is 119 Å². The first-order chi connectivity index (χ1) is 9.20. The number of aryl methyl sites for hydroxylation is 1. The molecule has 1 unspecified atom stereocenters. The molecule has 0 aliphatic heterocycles. The second kappa shape index (κ2) is 6.73. The van der Waals surface area contributed by atoms with E-state index in [0.717, 1.165) is 10.8 Å². The van der Waals surface area contributed by atoms with Crippen molar-refractivity contribution in [3.05, 3.63) is 59.3 Å². The third-order valence-electron chi connectivity index (χ3n) is 3.33. The van der Waals surface area contributed by atoms with E-state index in [2.05, 4.69) is 60.5 Å². The fourth-order valence-electron chi connectivity index (χ4n) is 1.82. The highest BCUT2D eigenvalue weighted by atomic mass is 32.2. The Bertz CT molecular complexity index is 523. The van der Waals surface area contributed by atoms with Crippen LogP contribution in [-0.2, 0) is 5.75 Å². The molecule has 0 spiro atoms. The van der Waals surface area contributed by atoms with Gasteiger partial charge in [0.25, 0.3) is 0 Å². The maximum absolute atomic E-state index is 4.52. The molecule has 100 valence electrons. The van der Waals surface area contributed by atoms with Crippen molar-refractivity contribution in [1.82, 2.24) is 10.3 Å². The topological polar surface area (TPSA) is 24.9 Å². The first-order valence-corrected chi connectivity index (χ1v) is 7.50. The summed E-state index contributed by atoms with van der Waals surface area (Å²) in [5.74, 6) is 0.973. The van der Waals surface area contributed by atoms with Crippen LogP contribution in [0.15, 0.2) is 47.6 Å². The number of nitrogens with zero attached hydrogens (tertiary/aromatic N) is 1. The van der Waals surface area contributed by atoms with Crippen LogP contribution in [0.25, 0.3) is 0 Å². The molecular weight excluding hydrogens is 252 g/mol. The predicted molar refractivity (Wildman–Crippen MR) is 82.5 cm³/mol. The van der Waals surface area contributed by atoms with Gasteiger partial charge in [0.1, 0.15) is 0 Å². The van der Waals surface area contributed by atoms with E-state index in [9.17, 15) is 0 Å². The molecule has 19 heavy (non-hydrogen) atoms. The van der Waals surface area contributed by atoms with E-state index in [1.807, 2.05) is 13.2 Å². The summed E-state index contributed by atoms with van der Waals surface area (Å²) in [5, 5.41) is 4.30. The molecule has 0 fully saturated rings. The van der Waals surface area contributed by atoms with E-state index >= 15 is 0 Å². The first-order valence-electron chi connectivity index (χ1n) is 6.51. The molecule has 1 heterocycles. The maximum atomic E-state index is 4.52. The fourth-order valence-corrected chi connectivity index (χ4v) is 2.74. The zero-order chi connectivity index (χ0) is 13.7. The van der Waals surface area contributed by atoms with Crippen molar-refractivity contribution in [1.29, 1.82) is 0 Å². The lowest BCUT2D eigenvalue weighted by Crippen LogP contribution is -2.12. The van der Waals surface area contributed by atoms with Gasteiger partial charge in [0.05, 0.1) is 5.03 Å². The normalized spacial score (nSPS) is 12.4. The summed E-state index contributed by atoms with van der Waals surface area (Å²) in [6, 6.07) is 13.1. The highest BCUT2D eigenvalue weighted by Gasteiger charge is 2.04. The molecule has 0 saturated carbocycles. The monoisotopic (exact) mass is 272 g/mol. The van der Waals surface area contributed by atoms with Crippen molar-refractivity contribution in [2.24, 2.45) is 0 Å². The minimum atomic E-state index is 0.350. The van der Waals surface area contributed by atoms with Gasteiger partial charge in [0, 0.05) is 18.0 Å². The summed E-state index contributed by atoms with van der Waals surface area (Å²) >= 11 is 1.78. The van der Waals surface area contributed by atoms with Crippen LogP contribution < -0.4 is 5.32 Å². The lowest BCUT2D eigenvalue weighted by molar-refractivity contribution is 0.648. The minimum absolute atomic E-state index is 0.350. The quantitative estimate of drug-likeness (QED) is 0.834. The Balaban J connectivity index is 1.99. The molecule has 2 aromatic rings. The van der Waals surface area contributed by atoms with Crippen molar-refractivity contribution in [3.63, 3.8) is 0 Å². The number of nitrogens with one attached hydrogen (secondary N) is 1. The summed E-state index contributed by atoms with van der Waals surface area (Å²) < 4.78 is 0. The number of hydrogen-bond donors (Lipinski definition) is 1.